The van der Waals surface area contributed by atoms with Gasteiger partial charge in [0.15, 0.2) is 0 Å². The van der Waals surface area contributed by atoms with E-state index in [-0.39, 0.29) is 5.97 Å². The molecule has 0 heterocycles. The Bertz CT molecular complexity index is 488. The highest BCUT2D eigenvalue weighted by Crippen LogP contribution is 2.41. The van der Waals surface area contributed by atoms with Crippen LogP contribution in [0.4, 0.5) is 0 Å². The number of rotatable bonds is 6. The number of carbonyl (C=O) groups is 1. The van der Waals surface area contributed by atoms with E-state index in [4.69, 9.17) is 4.74 Å². The Kier molecular flexibility index (Phi) is 7.16. The first kappa shape index (κ1) is 17.7. The van der Waals surface area contributed by atoms with Crippen molar-refractivity contribution in [3.63, 3.8) is 0 Å². The van der Waals surface area contributed by atoms with Gasteiger partial charge in [-0.25, -0.2) is 0 Å². The van der Waals surface area contributed by atoms with Crippen LogP contribution >= 0.6 is 23.5 Å². The summed E-state index contributed by atoms with van der Waals surface area (Å²) < 4.78 is 4.78. The number of ether oxygens (including phenoxy) is 1. The highest BCUT2D eigenvalue weighted by Gasteiger charge is 2.27. The van der Waals surface area contributed by atoms with Crippen LogP contribution in [-0.4, -0.2) is 29.3 Å². The minimum Gasteiger partial charge on any atom is -0.468 e. The maximum atomic E-state index is 11.4. The predicted octanol–water partition coefficient (Wildman–Crippen LogP) is 5.12. The van der Waals surface area contributed by atoms with Gasteiger partial charge in [-0.3, -0.25) is 4.79 Å². The molecule has 1 aromatic carbocycles. The molecular formula is C18H26O2S2. The number of benzene rings is 1. The summed E-state index contributed by atoms with van der Waals surface area (Å²) in [5.74, 6) is 0.916. The van der Waals surface area contributed by atoms with E-state index in [0.29, 0.717) is 22.2 Å². The van der Waals surface area contributed by atoms with E-state index in [9.17, 15) is 4.79 Å². The SMILES string of the molecule is COC(=O)CSC1CCCCC1Sc1ccccc1C(C)C. The summed E-state index contributed by atoms with van der Waals surface area (Å²) in [5.41, 5.74) is 1.44. The third-order valence-electron chi connectivity index (χ3n) is 4.10. The lowest BCUT2D eigenvalue weighted by Gasteiger charge is -2.31. The molecular weight excluding hydrogens is 312 g/mol. The summed E-state index contributed by atoms with van der Waals surface area (Å²) in [5, 5.41) is 1.15. The van der Waals surface area contributed by atoms with Crippen molar-refractivity contribution in [2.45, 2.75) is 60.8 Å². The molecule has 2 nitrogen and oxygen atoms in total. The van der Waals surface area contributed by atoms with Crippen LogP contribution in [0.1, 0.15) is 51.0 Å². The molecule has 0 aromatic heterocycles. The van der Waals surface area contributed by atoms with Crippen LogP contribution in [0.5, 0.6) is 0 Å². The lowest BCUT2D eigenvalue weighted by molar-refractivity contribution is -0.137. The minimum atomic E-state index is -0.109. The molecule has 1 fully saturated rings. The first-order valence-corrected chi connectivity index (χ1v) is 9.98. The molecule has 2 unspecified atom stereocenters. The molecule has 0 radical (unpaired) electrons. The van der Waals surface area contributed by atoms with Gasteiger partial charge in [-0.2, -0.15) is 0 Å². The maximum Gasteiger partial charge on any atom is 0.315 e. The summed E-state index contributed by atoms with van der Waals surface area (Å²) in [4.78, 5) is 12.8. The van der Waals surface area contributed by atoms with Crippen LogP contribution in [0, 0.1) is 0 Å². The van der Waals surface area contributed by atoms with Crippen molar-refractivity contribution in [2.24, 2.45) is 0 Å². The van der Waals surface area contributed by atoms with Crippen molar-refractivity contribution in [3.05, 3.63) is 29.8 Å². The number of carbonyl (C=O) groups excluding carboxylic acids is 1. The summed E-state index contributed by atoms with van der Waals surface area (Å²) in [6.45, 7) is 4.51. The third-order valence-corrected chi connectivity index (χ3v) is 7.16. The fourth-order valence-electron chi connectivity index (χ4n) is 2.85. The van der Waals surface area contributed by atoms with E-state index in [2.05, 4.69) is 38.1 Å². The van der Waals surface area contributed by atoms with E-state index in [1.54, 1.807) is 11.8 Å². The summed E-state index contributed by atoms with van der Waals surface area (Å²) >= 11 is 3.79. The van der Waals surface area contributed by atoms with E-state index in [0.717, 1.165) is 0 Å². The Morgan fingerprint density at radius 1 is 1.23 bits per heavy atom. The highest BCUT2D eigenvalue weighted by atomic mass is 32.2. The zero-order valence-electron chi connectivity index (χ0n) is 13.7. The molecule has 0 bridgehead atoms. The molecule has 1 aliphatic carbocycles. The Balaban J connectivity index is 2.04. The number of thioether (sulfide) groups is 2. The Morgan fingerprint density at radius 3 is 2.59 bits per heavy atom. The van der Waals surface area contributed by atoms with Crippen molar-refractivity contribution in [3.8, 4) is 0 Å². The third kappa shape index (κ3) is 4.95. The van der Waals surface area contributed by atoms with Gasteiger partial charge in [0.1, 0.15) is 0 Å². The van der Waals surface area contributed by atoms with Crippen molar-refractivity contribution in [1.82, 2.24) is 0 Å². The zero-order valence-corrected chi connectivity index (χ0v) is 15.3. The molecule has 0 saturated heterocycles. The second-order valence-corrected chi connectivity index (χ2v) is 8.57. The van der Waals surface area contributed by atoms with Crippen LogP contribution in [0.15, 0.2) is 29.2 Å². The van der Waals surface area contributed by atoms with Gasteiger partial charge in [0.05, 0.1) is 12.9 Å². The van der Waals surface area contributed by atoms with Gasteiger partial charge in [-0.05, 0) is 30.4 Å². The van der Waals surface area contributed by atoms with Crippen LogP contribution in [-0.2, 0) is 9.53 Å². The second-order valence-electron chi connectivity index (χ2n) is 6.06. The van der Waals surface area contributed by atoms with E-state index in [1.807, 2.05) is 11.8 Å². The largest absolute Gasteiger partial charge is 0.468 e. The first-order valence-electron chi connectivity index (χ1n) is 8.05. The Labute approximate surface area is 142 Å². The van der Waals surface area contributed by atoms with Gasteiger partial charge in [-0.15, -0.1) is 23.5 Å². The quantitative estimate of drug-likeness (QED) is 0.673. The Hall–Kier alpha value is -0.610. The molecule has 1 aliphatic rings. The molecule has 0 spiro atoms. The molecule has 2 atom stereocenters. The smallest absolute Gasteiger partial charge is 0.315 e. The molecule has 0 N–H and O–H groups in total. The van der Waals surface area contributed by atoms with Gasteiger partial charge < -0.3 is 4.74 Å². The maximum absolute atomic E-state index is 11.4. The Morgan fingerprint density at radius 2 is 1.91 bits per heavy atom. The van der Waals surface area contributed by atoms with E-state index < -0.39 is 0 Å². The molecule has 1 aromatic rings. The molecule has 1 saturated carbocycles. The number of esters is 1. The standard InChI is InChI=1S/C18H26O2S2/c1-13(2)14-8-4-5-9-15(14)22-17-11-7-6-10-16(17)21-12-18(19)20-3/h4-5,8-9,13,16-17H,6-7,10-12H2,1-3H3. The lowest BCUT2D eigenvalue weighted by Crippen LogP contribution is -2.26. The first-order chi connectivity index (χ1) is 10.6. The molecule has 0 amide bonds. The van der Waals surface area contributed by atoms with Crippen molar-refractivity contribution < 1.29 is 9.53 Å². The van der Waals surface area contributed by atoms with Gasteiger partial charge in [-0.1, -0.05) is 44.9 Å². The fraction of sp³-hybridized carbons (Fsp3) is 0.611. The van der Waals surface area contributed by atoms with Crippen LogP contribution < -0.4 is 0 Å². The average molecular weight is 339 g/mol. The van der Waals surface area contributed by atoms with E-state index in [1.165, 1.54) is 43.3 Å². The number of hydrogen-bond acceptors (Lipinski definition) is 4. The average Bonchev–Trinajstić information content (AvgIpc) is 2.54. The predicted molar refractivity (Wildman–Crippen MR) is 96.9 cm³/mol. The van der Waals surface area contributed by atoms with Crippen LogP contribution in [0.2, 0.25) is 0 Å². The molecule has 22 heavy (non-hydrogen) atoms. The van der Waals surface area contributed by atoms with Crippen LogP contribution in [0.25, 0.3) is 0 Å². The van der Waals surface area contributed by atoms with Gasteiger partial charge in [0.25, 0.3) is 0 Å². The zero-order chi connectivity index (χ0) is 15.9. The monoisotopic (exact) mass is 338 g/mol. The van der Waals surface area contributed by atoms with Gasteiger partial charge in [0, 0.05) is 15.4 Å². The molecule has 2 rings (SSSR count). The molecule has 4 heteroatoms. The highest BCUT2D eigenvalue weighted by molar-refractivity contribution is 8.04. The van der Waals surface area contributed by atoms with Gasteiger partial charge >= 0.3 is 5.97 Å². The van der Waals surface area contributed by atoms with Crippen LogP contribution in [0.3, 0.4) is 0 Å². The van der Waals surface area contributed by atoms with Gasteiger partial charge in [0.2, 0.25) is 0 Å². The summed E-state index contributed by atoms with van der Waals surface area (Å²) in [7, 11) is 1.47. The van der Waals surface area contributed by atoms with Crippen molar-refractivity contribution in [2.75, 3.05) is 12.9 Å². The van der Waals surface area contributed by atoms with E-state index >= 15 is 0 Å². The summed E-state index contributed by atoms with van der Waals surface area (Å²) in [6, 6.07) is 8.75. The topological polar surface area (TPSA) is 26.3 Å². The second kappa shape index (κ2) is 8.88. The van der Waals surface area contributed by atoms with Crippen molar-refractivity contribution >= 4 is 29.5 Å². The fourth-order valence-corrected chi connectivity index (χ4v) is 5.90. The minimum absolute atomic E-state index is 0.109. The van der Waals surface area contributed by atoms with Crippen molar-refractivity contribution in [1.29, 1.82) is 0 Å². The number of hydrogen-bond donors (Lipinski definition) is 0. The molecule has 122 valence electrons. The normalized spacial score (nSPS) is 21.8. The lowest BCUT2D eigenvalue weighted by atomic mass is 10.00. The number of methoxy groups -OCH3 is 1. The summed E-state index contributed by atoms with van der Waals surface area (Å²) in [6.07, 6.45) is 5.04. The molecule has 0 aliphatic heterocycles.